The van der Waals surface area contributed by atoms with Crippen LogP contribution >= 0.6 is 22.9 Å². The predicted molar refractivity (Wildman–Crippen MR) is 71.0 cm³/mol. The van der Waals surface area contributed by atoms with Crippen LogP contribution in [0.25, 0.3) is 0 Å². The minimum absolute atomic E-state index is 0.0418. The summed E-state index contributed by atoms with van der Waals surface area (Å²) >= 11 is 7.12. The van der Waals surface area contributed by atoms with Crippen molar-refractivity contribution in [2.24, 2.45) is 5.92 Å². The predicted octanol–water partition coefficient (Wildman–Crippen LogP) is 4.18. The van der Waals surface area contributed by atoms with Gasteiger partial charge in [-0.1, -0.05) is 31.4 Å². The first kappa shape index (κ1) is 13.1. The molecule has 1 heterocycles. The van der Waals surface area contributed by atoms with Crippen molar-refractivity contribution in [2.45, 2.75) is 38.7 Å². The Morgan fingerprint density at radius 1 is 1.53 bits per heavy atom. The highest BCUT2D eigenvalue weighted by atomic mass is 35.5. The second-order valence-corrected chi connectivity index (χ2v) is 6.45. The number of carbonyl (C=O) groups is 1. The molecule has 1 aliphatic rings. The van der Waals surface area contributed by atoms with E-state index in [1.54, 1.807) is 12.1 Å². The first-order valence-electron chi connectivity index (χ1n) is 6.05. The van der Waals surface area contributed by atoms with Crippen molar-refractivity contribution in [3.8, 4) is 0 Å². The SMILES string of the molecule is CC1CCCC(OCC(=O)c2ccc(Cl)s2)C1. The lowest BCUT2D eigenvalue weighted by Gasteiger charge is -2.26. The van der Waals surface area contributed by atoms with E-state index >= 15 is 0 Å². The smallest absolute Gasteiger partial charge is 0.198 e. The van der Waals surface area contributed by atoms with Gasteiger partial charge in [-0.2, -0.15) is 0 Å². The molecule has 0 spiro atoms. The molecule has 0 N–H and O–H groups in total. The minimum Gasteiger partial charge on any atom is -0.370 e. The highest BCUT2D eigenvalue weighted by Gasteiger charge is 2.20. The Bertz CT molecular complexity index is 389. The highest BCUT2D eigenvalue weighted by Crippen LogP contribution is 2.26. The zero-order valence-electron chi connectivity index (χ0n) is 9.95. The van der Waals surface area contributed by atoms with Crippen LogP contribution < -0.4 is 0 Å². The molecule has 17 heavy (non-hydrogen) atoms. The van der Waals surface area contributed by atoms with Gasteiger partial charge in [0, 0.05) is 0 Å². The van der Waals surface area contributed by atoms with Gasteiger partial charge in [-0.15, -0.1) is 11.3 Å². The fraction of sp³-hybridized carbons (Fsp3) is 0.615. The van der Waals surface area contributed by atoms with Crippen molar-refractivity contribution in [1.82, 2.24) is 0 Å². The molecule has 0 radical (unpaired) electrons. The number of hydrogen-bond donors (Lipinski definition) is 0. The van der Waals surface area contributed by atoms with Gasteiger partial charge in [0.1, 0.15) is 6.61 Å². The average molecular weight is 273 g/mol. The van der Waals surface area contributed by atoms with Crippen LogP contribution in [0.3, 0.4) is 0 Å². The van der Waals surface area contributed by atoms with Crippen molar-refractivity contribution in [3.63, 3.8) is 0 Å². The number of thiophene rings is 1. The Hall–Kier alpha value is -0.380. The summed E-state index contributed by atoms with van der Waals surface area (Å²) in [5.41, 5.74) is 0. The second kappa shape index (κ2) is 5.98. The number of ketones is 1. The summed E-state index contributed by atoms with van der Waals surface area (Å²) in [7, 11) is 0. The minimum atomic E-state index is 0.0418. The topological polar surface area (TPSA) is 26.3 Å². The zero-order valence-corrected chi connectivity index (χ0v) is 11.5. The van der Waals surface area contributed by atoms with Gasteiger partial charge in [-0.05, 0) is 30.9 Å². The molecule has 1 saturated carbocycles. The Kier molecular flexibility index (Phi) is 4.60. The van der Waals surface area contributed by atoms with Crippen molar-refractivity contribution in [3.05, 3.63) is 21.3 Å². The fourth-order valence-corrected chi connectivity index (χ4v) is 3.23. The van der Waals surface area contributed by atoms with Gasteiger partial charge in [0.25, 0.3) is 0 Å². The molecule has 1 aromatic heterocycles. The molecule has 1 fully saturated rings. The van der Waals surface area contributed by atoms with Crippen LogP contribution in [0.15, 0.2) is 12.1 Å². The third kappa shape index (κ3) is 3.80. The monoisotopic (exact) mass is 272 g/mol. The Labute approximate surface area is 111 Å². The number of Topliss-reactive ketones (excluding diaryl/α,β-unsaturated/α-hetero) is 1. The average Bonchev–Trinajstić information content (AvgIpc) is 2.73. The molecule has 0 saturated heterocycles. The van der Waals surface area contributed by atoms with Gasteiger partial charge in [0.05, 0.1) is 15.3 Å². The lowest BCUT2D eigenvalue weighted by atomic mass is 9.89. The molecule has 2 nitrogen and oxygen atoms in total. The third-order valence-electron chi connectivity index (χ3n) is 3.19. The summed E-state index contributed by atoms with van der Waals surface area (Å²) in [5.74, 6) is 0.764. The van der Waals surface area contributed by atoms with E-state index in [2.05, 4.69) is 6.92 Å². The van der Waals surface area contributed by atoms with Crippen LogP contribution in [0.1, 0.15) is 42.3 Å². The maximum Gasteiger partial charge on any atom is 0.198 e. The number of hydrogen-bond acceptors (Lipinski definition) is 3. The molecule has 2 atom stereocenters. The summed E-state index contributed by atoms with van der Waals surface area (Å²) in [5, 5.41) is 0. The maximum absolute atomic E-state index is 11.8. The molecular formula is C13H17ClO2S. The summed E-state index contributed by atoms with van der Waals surface area (Å²) in [6.45, 7) is 2.44. The third-order valence-corrected chi connectivity index (χ3v) is 4.46. The molecule has 0 bridgehead atoms. The lowest BCUT2D eigenvalue weighted by Crippen LogP contribution is -2.24. The molecule has 1 aromatic rings. The first-order valence-corrected chi connectivity index (χ1v) is 7.24. The molecule has 0 aromatic carbocycles. The Balaban J connectivity index is 1.80. The summed E-state index contributed by atoms with van der Waals surface area (Å²) in [6.07, 6.45) is 4.93. The molecule has 2 rings (SSSR count). The van der Waals surface area contributed by atoms with Crippen molar-refractivity contribution in [2.75, 3.05) is 6.61 Å². The van der Waals surface area contributed by atoms with Gasteiger partial charge in [-0.3, -0.25) is 4.79 Å². The van der Waals surface area contributed by atoms with Crippen LogP contribution in [0.4, 0.5) is 0 Å². The Morgan fingerprint density at radius 3 is 3.00 bits per heavy atom. The van der Waals surface area contributed by atoms with Crippen LogP contribution in [0.5, 0.6) is 0 Å². The van der Waals surface area contributed by atoms with Gasteiger partial charge >= 0.3 is 0 Å². The van der Waals surface area contributed by atoms with Gasteiger partial charge in [0.2, 0.25) is 0 Å². The van der Waals surface area contributed by atoms with Gasteiger partial charge in [0.15, 0.2) is 5.78 Å². The van der Waals surface area contributed by atoms with E-state index in [-0.39, 0.29) is 18.5 Å². The van der Waals surface area contributed by atoms with E-state index in [1.807, 2.05) is 0 Å². The van der Waals surface area contributed by atoms with Crippen LogP contribution in [-0.2, 0) is 4.74 Å². The summed E-state index contributed by atoms with van der Waals surface area (Å²) in [6, 6.07) is 3.52. The molecular weight excluding hydrogens is 256 g/mol. The van der Waals surface area contributed by atoms with Crippen LogP contribution in [0.2, 0.25) is 4.34 Å². The molecule has 1 aliphatic carbocycles. The first-order chi connectivity index (χ1) is 8.15. The number of rotatable bonds is 4. The normalized spacial score (nSPS) is 24.8. The maximum atomic E-state index is 11.8. The highest BCUT2D eigenvalue weighted by molar-refractivity contribution is 7.18. The number of carbonyl (C=O) groups excluding carboxylic acids is 1. The zero-order chi connectivity index (χ0) is 12.3. The van der Waals surface area contributed by atoms with Gasteiger partial charge < -0.3 is 4.74 Å². The van der Waals surface area contributed by atoms with E-state index in [1.165, 1.54) is 24.2 Å². The Morgan fingerprint density at radius 2 is 2.35 bits per heavy atom. The van der Waals surface area contributed by atoms with E-state index < -0.39 is 0 Å². The van der Waals surface area contributed by atoms with Gasteiger partial charge in [-0.25, -0.2) is 0 Å². The van der Waals surface area contributed by atoms with E-state index in [9.17, 15) is 4.79 Å². The molecule has 0 amide bonds. The molecule has 94 valence electrons. The number of ether oxygens (including phenoxy) is 1. The van der Waals surface area contributed by atoms with Crippen molar-refractivity contribution in [1.29, 1.82) is 0 Å². The number of halogens is 1. The standard InChI is InChI=1S/C13H17ClO2S/c1-9-3-2-4-10(7-9)16-8-11(15)12-5-6-13(14)17-12/h5-6,9-10H,2-4,7-8H2,1H3. The second-order valence-electron chi connectivity index (χ2n) is 4.73. The van der Waals surface area contributed by atoms with Crippen molar-refractivity contribution >= 4 is 28.7 Å². The van der Waals surface area contributed by atoms with Crippen LogP contribution in [0, 0.1) is 5.92 Å². The summed E-state index contributed by atoms with van der Waals surface area (Å²) < 4.78 is 6.35. The van der Waals surface area contributed by atoms with E-state index in [0.717, 1.165) is 18.8 Å². The fourth-order valence-electron chi connectivity index (χ4n) is 2.26. The largest absolute Gasteiger partial charge is 0.370 e. The van der Waals surface area contributed by atoms with E-state index in [0.29, 0.717) is 9.21 Å². The molecule has 4 heteroatoms. The lowest BCUT2D eigenvalue weighted by molar-refractivity contribution is 0.0184. The summed E-state index contributed by atoms with van der Waals surface area (Å²) in [4.78, 5) is 12.5. The molecule has 2 unspecified atom stereocenters. The van der Waals surface area contributed by atoms with E-state index in [4.69, 9.17) is 16.3 Å². The molecule has 0 aliphatic heterocycles. The van der Waals surface area contributed by atoms with Crippen LogP contribution in [-0.4, -0.2) is 18.5 Å². The van der Waals surface area contributed by atoms with Crippen molar-refractivity contribution < 1.29 is 9.53 Å². The quantitative estimate of drug-likeness (QED) is 0.769.